The van der Waals surface area contributed by atoms with E-state index in [1.807, 2.05) is 15.8 Å². The smallest absolute Gasteiger partial charge is 0.258 e. The lowest BCUT2D eigenvalue weighted by Gasteiger charge is -2.31. The third kappa shape index (κ3) is 2.45. The van der Waals surface area contributed by atoms with E-state index in [0.717, 1.165) is 12.8 Å². The maximum Gasteiger partial charge on any atom is 0.258 e. The maximum atomic E-state index is 12.3. The second-order valence-corrected chi connectivity index (χ2v) is 5.57. The molecular weight excluding hydrogens is 324 g/mol. The molecule has 3 rings (SSSR count). The van der Waals surface area contributed by atoms with Gasteiger partial charge in [-0.05, 0) is 40.9 Å². The molecule has 0 bridgehead atoms. The van der Waals surface area contributed by atoms with Crippen molar-refractivity contribution < 1.29 is 9.21 Å². The van der Waals surface area contributed by atoms with Crippen LogP contribution in [0.4, 0.5) is 5.82 Å². The van der Waals surface area contributed by atoms with Crippen molar-refractivity contribution in [3.63, 3.8) is 0 Å². The molecular formula is C13H15BrN4O2. The quantitative estimate of drug-likeness (QED) is 0.911. The Kier molecular flexibility index (Phi) is 3.52. The van der Waals surface area contributed by atoms with Crippen LogP contribution in [0.25, 0.3) is 0 Å². The van der Waals surface area contributed by atoms with Crippen LogP contribution >= 0.6 is 15.9 Å². The van der Waals surface area contributed by atoms with Crippen LogP contribution in [0.2, 0.25) is 0 Å². The SMILES string of the molecule is Nc1ccn(C2CCN(C(=O)c3ccoc3Br)CC2)n1. The largest absolute Gasteiger partial charge is 0.457 e. The number of nitrogens with two attached hydrogens (primary N) is 1. The summed E-state index contributed by atoms with van der Waals surface area (Å²) in [6.07, 6.45) is 5.16. The van der Waals surface area contributed by atoms with Crippen molar-refractivity contribution in [3.05, 3.63) is 34.8 Å². The third-order valence-corrected chi connectivity index (χ3v) is 4.22. The van der Waals surface area contributed by atoms with Crippen LogP contribution in [0.15, 0.2) is 33.7 Å². The number of hydrogen-bond donors (Lipinski definition) is 1. The number of nitrogen functional groups attached to an aromatic ring is 1. The van der Waals surface area contributed by atoms with Gasteiger partial charge in [-0.1, -0.05) is 0 Å². The van der Waals surface area contributed by atoms with Crippen molar-refractivity contribution in [2.45, 2.75) is 18.9 Å². The molecule has 1 amide bonds. The van der Waals surface area contributed by atoms with Crippen LogP contribution in [0.1, 0.15) is 29.2 Å². The number of amides is 1. The van der Waals surface area contributed by atoms with E-state index >= 15 is 0 Å². The zero-order valence-corrected chi connectivity index (χ0v) is 12.4. The second-order valence-electron chi connectivity index (χ2n) is 4.85. The lowest BCUT2D eigenvalue weighted by atomic mass is 10.0. The normalized spacial score (nSPS) is 16.6. The Balaban J connectivity index is 1.64. The zero-order valence-electron chi connectivity index (χ0n) is 10.8. The molecule has 2 N–H and O–H groups in total. The Labute approximate surface area is 124 Å². The van der Waals surface area contributed by atoms with Gasteiger partial charge in [0, 0.05) is 19.3 Å². The Morgan fingerprint density at radius 2 is 2.15 bits per heavy atom. The van der Waals surface area contributed by atoms with Gasteiger partial charge < -0.3 is 15.1 Å². The molecule has 106 valence electrons. The van der Waals surface area contributed by atoms with Crippen molar-refractivity contribution in [3.8, 4) is 0 Å². The molecule has 1 aliphatic heterocycles. The molecule has 0 radical (unpaired) electrons. The molecule has 1 saturated heterocycles. The Morgan fingerprint density at radius 1 is 1.40 bits per heavy atom. The predicted octanol–water partition coefficient (Wildman–Crippen LogP) is 2.30. The van der Waals surface area contributed by atoms with Crippen molar-refractivity contribution in [1.82, 2.24) is 14.7 Å². The summed E-state index contributed by atoms with van der Waals surface area (Å²) < 4.78 is 7.49. The monoisotopic (exact) mass is 338 g/mol. The molecule has 0 aliphatic carbocycles. The Morgan fingerprint density at radius 3 is 2.70 bits per heavy atom. The first-order valence-corrected chi connectivity index (χ1v) is 7.27. The summed E-state index contributed by atoms with van der Waals surface area (Å²) >= 11 is 3.24. The number of carbonyl (C=O) groups is 1. The molecule has 0 aromatic carbocycles. The van der Waals surface area contributed by atoms with E-state index < -0.39 is 0 Å². The lowest BCUT2D eigenvalue weighted by Crippen LogP contribution is -2.39. The van der Waals surface area contributed by atoms with E-state index in [0.29, 0.717) is 35.2 Å². The Hall–Kier alpha value is -1.76. The number of carbonyl (C=O) groups excluding carboxylic acids is 1. The van der Waals surface area contributed by atoms with Gasteiger partial charge in [-0.15, -0.1) is 0 Å². The number of hydrogen-bond acceptors (Lipinski definition) is 4. The standard InChI is InChI=1S/C13H15BrN4O2/c14-12-10(4-8-20-12)13(19)17-5-1-9(2-6-17)18-7-3-11(15)16-18/h3-4,7-9H,1-2,5-6H2,(H2,15,16). The van der Waals surface area contributed by atoms with Crippen molar-refractivity contribution in [2.24, 2.45) is 0 Å². The number of likely N-dealkylation sites (tertiary alicyclic amines) is 1. The summed E-state index contributed by atoms with van der Waals surface area (Å²) in [4.78, 5) is 14.2. The average molecular weight is 339 g/mol. The summed E-state index contributed by atoms with van der Waals surface area (Å²) in [5.41, 5.74) is 6.21. The molecule has 3 heterocycles. The number of anilines is 1. The fraction of sp³-hybridized carbons (Fsp3) is 0.385. The van der Waals surface area contributed by atoms with E-state index in [1.54, 1.807) is 12.1 Å². The highest BCUT2D eigenvalue weighted by Crippen LogP contribution is 2.25. The summed E-state index contributed by atoms with van der Waals surface area (Å²) in [7, 11) is 0. The van der Waals surface area contributed by atoms with Gasteiger partial charge in [0.05, 0.1) is 17.9 Å². The highest BCUT2D eigenvalue weighted by molar-refractivity contribution is 9.10. The first-order chi connectivity index (χ1) is 9.65. The molecule has 0 unspecified atom stereocenters. The van der Waals surface area contributed by atoms with Crippen LogP contribution in [-0.2, 0) is 0 Å². The highest BCUT2D eigenvalue weighted by Gasteiger charge is 2.26. The van der Waals surface area contributed by atoms with Gasteiger partial charge in [0.15, 0.2) is 4.67 Å². The van der Waals surface area contributed by atoms with Gasteiger partial charge in [-0.2, -0.15) is 5.10 Å². The second kappa shape index (κ2) is 5.32. The number of furan rings is 1. The van der Waals surface area contributed by atoms with Gasteiger partial charge in [0.25, 0.3) is 5.91 Å². The molecule has 0 saturated carbocycles. The summed E-state index contributed by atoms with van der Waals surface area (Å²) in [5.74, 6) is 0.537. The van der Waals surface area contributed by atoms with Crippen molar-refractivity contribution >= 4 is 27.7 Å². The van der Waals surface area contributed by atoms with Crippen LogP contribution in [0, 0.1) is 0 Å². The van der Waals surface area contributed by atoms with Gasteiger partial charge in [-0.25, -0.2) is 0 Å². The molecule has 2 aromatic heterocycles. The third-order valence-electron chi connectivity index (χ3n) is 3.60. The minimum absolute atomic E-state index is 0.00375. The molecule has 7 heteroatoms. The van der Waals surface area contributed by atoms with E-state index in [9.17, 15) is 4.79 Å². The van der Waals surface area contributed by atoms with Crippen LogP contribution in [-0.4, -0.2) is 33.7 Å². The first kappa shape index (κ1) is 13.2. The zero-order chi connectivity index (χ0) is 14.1. The maximum absolute atomic E-state index is 12.3. The molecule has 0 atom stereocenters. The minimum Gasteiger partial charge on any atom is -0.457 e. The van der Waals surface area contributed by atoms with E-state index in [-0.39, 0.29) is 5.91 Å². The van der Waals surface area contributed by atoms with Gasteiger partial charge >= 0.3 is 0 Å². The number of nitrogens with zero attached hydrogens (tertiary/aromatic N) is 3. The number of piperidine rings is 1. The highest BCUT2D eigenvalue weighted by atomic mass is 79.9. The van der Waals surface area contributed by atoms with E-state index in [4.69, 9.17) is 10.2 Å². The Bertz CT molecular complexity index is 613. The lowest BCUT2D eigenvalue weighted by molar-refractivity contribution is 0.0688. The number of rotatable bonds is 2. The van der Waals surface area contributed by atoms with Gasteiger partial charge in [0.2, 0.25) is 0 Å². The van der Waals surface area contributed by atoms with Crippen molar-refractivity contribution in [2.75, 3.05) is 18.8 Å². The minimum atomic E-state index is 0.00375. The molecule has 2 aromatic rings. The van der Waals surface area contributed by atoms with Crippen LogP contribution < -0.4 is 5.73 Å². The topological polar surface area (TPSA) is 77.3 Å². The van der Waals surface area contributed by atoms with Gasteiger partial charge in [-0.3, -0.25) is 9.48 Å². The van der Waals surface area contributed by atoms with Crippen molar-refractivity contribution in [1.29, 1.82) is 0 Å². The summed E-state index contributed by atoms with van der Waals surface area (Å²) in [6.45, 7) is 1.42. The number of aromatic nitrogens is 2. The summed E-state index contributed by atoms with van der Waals surface area (Å²) in [6, 6.07) is 3.79. The van der Waals surface area contributed by atoms with E-state index in [1.165, 1.54) is 6.26 Å². The number of halogens is 1. The first-order valence-electron chi connectivity index (χ1n) is 6.48. The van der Waals surface area contributed by atoms with Crippen LogP contribution in [0.3, 0.4) is 0 Å². The van der Waals surface area contributed by atoms with Gasteiger partial charge in [0.1, 0.15) is 5.82 Å². The van der Waals surface area contributed by atoms with Crippen LogP contribution in [0.5, 0.6) is 0 Å². The molecule has 0 spiro atoms. The van der Waals surface area contributed by atoms with E-state index in [2.05, 4.69) is 21.0 Å². The molecule has 1 fully saturated rings. The average Bonchev–Trinajstić information content (AvgIpc) is 3.07. The fourth-order valence-corrected chi connectivity index (χ4v) is 2.92. The molecule has 20 heavy (non-hydrogen) atoms. The predicted molar refractivity (Wildman–Crippen MR) is 77.2 cm³/mol. The molecule has 1 aliphatic rings. The summed E-state index contributed by atoms with van der Waals surface area (Å²) in [5, 5.41) is 4.24. The fourth-order valence-electron chi connectivity index (χ4n) is 2.51. The molecule has 6 nitrogen and oxygen atoms in total.